The molecule has 0 bridgehead atoms. The fourth-order valence-corrected chi connectivity index (χ4v) is 2.80. The highest BCUT2D eigenvalue weighted by atomic mass is 16.2. The molecule has 0 aliphatic rings. The van der Waals surface area contributed by atoms with E-state index in [0.29, 0.717) is 11.8 Å². The summed E-state index contributed by atoms with van der Waals surface area (Å²) in [5.74, 6) is 0.844. The van der Waals surface area contributed by atoms with Gasteiger partial charge in [0.25, 0.3) is 0 Å². The first-order chi connectivity index (χ1) is 13.9. The molecule has 7 nitrogen and oxygen atoms in total. The lowest BCUT2D eigenvalue weighted by molar-refractivity contribution is -0.123. The first kappa shape index (κ1) is 18.6. The molecular formula is C22H22N6O. The molecule has 4 rings (SSSR count). The monoisotopic (exact) mass is 386 g/mol. The first-order valence-corrected chi connectivity index (χ1v) is 9.36. The van der Waals surface area contributed by atoms with Gasteiger partial charge in [0.15, 0.2) is 5.65 Å². The predicted molar refractivity (Wildman–Crippen MR) is 114 cm³/mol. The topological polar surface area (TPSA) is 84.2 Å². The molecule has 146 valence electrons. The highest BCUT2D eigenvalue weighted by Crippen LogP contribution is 2.23. The molecule has 0 saturated heterocycles. The molecule has 1 aromatic carbocycles. The number of hydrogen-bond donors (Lipinski definition) is 2. The van der Waals surface area contributed by atoms with Crippen LogP contribution in [0.5, 0.6) is 0 Å². The van der Waals surface area contributed by atoms with Crippen LogP contribution in [0.25, 0.3) is 16.9 Å². The number of benzene rings is 1. The maximum atomic E-state index is 12.2. The molecule has 0 fully saturated rings. The molecule has 0 aliphatic heterocycles. The van der Waals surface area contributed by atoms with Gasteiger partial charge in [-0.05, 0) is 18.2 Å². The van der Waals surface area contributed by atoms with Crippen LogP contribution in [0, 0.1) is 5.41 Å². The van der Waals surface area contributed by atoms with E-state index in [2.05, 4.69) is 25.7 Å². The number of hydrogen-bond acceptors (Lipinski definition) is 5. The molecule has 3 heterocycles. The Morgan fingerprint density at radius 2 is 1.79 bits per heavy atom. The van der Waals surface area contributed by atoms with Gasteiger partial charge in [0.05, 0.1) is 5.69 Å². The average Bonchev–Trinajstić information content (AvgIpc) is 3.10. The Bertz CT molecular complexity index is 1160. The van der Waals surface area contributed by atoms with Crippen molar-refractivity contribution in [2.45, 2.75) is 20.8 Å². The maximum absolute atomic E-state index is 12.2. The highest BCUT2D eigenvalue weighted by Gasteiger charge is 2.21. The van der Waals surface area contributed by atoms with Crippen LogP contribution < -0.4 is 10.6 Å². The Labute approximate surface area is 168 Å². The summed E-state index contributed by atoms with van der Waals surface area (Å²) >= 11 is 0. The van der Waals surface area contributed by atoms with E-state index in [0.717, 1.165) is 22.6 Å². The second kappa shape index (κ2) is 7.35. The van der Waals surface area contributed by atoms with Gasteiger partial charge in [0.1, 0.15) is 5.82 Å². The van der Waals surface area contributed by atoms with Crippen LogP contribution in [0.3, 0.4) is 0 Å². The molecule has 29 heavy (non-hydrogen) atoms. The van der Waals surface area contributed by atoms with E-state index in [9.17, 15) is 4.79 Å². The molecule has 3 aromatic heterocycles. The molecule has 1 amide bonds. The molecule has 0 spiro atoms. The van der Waals surface area contributed by atoms with Crippen molar-refractivity contribution in [1.82, 2.24) is 19.6 Å². The van der Waals surface area contributed by atoms with Crippen LogP contribution in [0.2, 0.25) is 0 Å². The van der Waals surface area contributed by atoms with Gasteiger partial charge in [-0.15, -0.1) is 5.10 Å². The lowest BCUT2D eigenvalue weighted by Crippen LogP contribution is -2.28. The van der Waals surface area contributed by atoms with E-state index in [1.807, 2.05) is 69.3 Å². The van der Waals surface area contributed by atoms with Gasteiger partial charge in [0.2, 0.25) is 11.9 Å². The minimum Gasteiger partial charge on any atom is -0.323 e. The quantitative estimate of drug-likeness (QED) is 0.539. The van der Waals surface area contributed by atoms with E-state index < -0.39 is 5.41 Å². The van der Waals surface area contributed by atoms with E-state index in [-0.39, 0.29) is 5.91 Å². The summed E-state index contributed by atoms with van der Waals surface area (Å²) in [5, 5.41) is 10.6. The Balaban J connectivity index is 1.61. The average molecular weight is 386 g/mol. The zero-order valence-corrected chi connectivity index (χ0v) is 16.5. The fraction of sp³-hybridized carbons (Fsp3) is 0.182. The van der Waals surface area contributed by atoms with E-state index in [4.69, 9.17) is 0 Å². The number of anilines is 3. The summed E-state index contributed by atoms with van der Waals surface area (Å²) in [7, 11) is 0. The third-order valence-corrected chi connectivity index (χ3v) is 4.37. The summed E-state index contributed by atoms with van der Waals surface area (Å²) in [5.41, 5.74) is 3.00. The number of rotatable bonds is 4. The van der Waals surface area contributed by atoms with Crippen molar-refractivity contribution in [3.05, 3.63) is 66.9 Å². The number of carbonyl (C=O) groups excluding carboxylic acids is 1. The number of nitrogens with zero attached hydrogens (tertiary/aromatic N) is 4. The van der Waals surface area contributed by atoms with Crippen LogP contribution in [-0.2, 0) is 4.79 Å². The molecule has 4 aromatic rings. The van der Waals surface area contributed by atoms with Crippen molar-refractivity contribution in [2.75, 3.05) is 10.6 Å². The number of aromatic nitrogens is 4. The summed E-state index contributed by atoms with van der Waals surface area (Å²) in [6.07, 6.45) is 1.63. The van der Waals surface area contributed by atoms with Gasteiger partial charge in [0, 0.05) is 28.9 Å². The lowest BCUT2D eigenvalue weighted by atomic mass is 9.96. The van der Waals surface area contributed by atoms with Gasteiger partial charge in [-0.2, -0.15) is 4.98 Å². The first-order valence-electron chi connectivity index (χ1n) is 9.36. The second-order valence-electron chi connectivity index (χ2n) is 7.74. The number of pyridine rings is 2. The standard InChI is InChI=1S/C22H22N6O/c1-22(2,3)20(29)25-18-14-16(12-13-23-18)24-21-26-19-11-7-10-17(28(19)27-21)15-8-5-4-6-9-15/h4-14H,1-3H3,(H2,23,24,25,27,29). The van der Waals surface area contributed by atoms with Crippen molar-refractivity contribution in [2.24, 2.45) is 5.41 Å². The summed E-state index contributed by atoms with van der Waals surface area (Å²) in [6, 6.07) is 19.5. The summed E-state index contributed by atoms with van der Waals surface area (Å²) < 4.78 is 1.81. The van der Waals surface area contributed by atoms with Crippen molar-refractivity contribution in [3.63, 3.8) is 0 Å². The van der Waals surface area contributed by atoms with Gasteiger partial charge in [-0.1, -0.05) is 57.2 Å². The van der Waals surface area contributed by atoms with Crippen LogP contribution in [0.1, 0.15) is 20.8 Å². The van der Waals surface area contributed by atoms with Crippen molar-refractivity contribution >= 4 is 29.0 Å². The van der Waals surface area contributed by atoms with Gasteiger partial charge >= 0.3 is 0 Å². The zero-order chi connectivity index (χ0) is 20.4. The minimum atomic E-state index is -0.498. The van der Waals surface area contributed by atoms with Gasteiger partial charge < -0.3 is 10.6 Å². The molecule has 0 aliphatic carbocycles. The largest absolute Gasteiger partial charge is 0.323 e. The molecule has 0 unspecified atom stereocenters. The molecule has 2 N–H and O–H groups in total. The number of carbonyl (C=O) groups is 1. The fourth-order valence-electron chi connectivity index (χ4n) is 2.80. The molecule has 7 heteroatoms. The van der Waals surface area contributed by atoms with E-state index in [1.54, 1.807) is 22.8 Å². The van der Waals surface area contributed by atoms with E-state index in [1.165, 1.54) is 0 Å². The van der Waals surface area contributed by atoms with Crippen LogP contribution in [0.4, 0.5) is 17.5 Å². The Morgan fingerprint density at radius 1 is 1.00 bits per heavy atom. The maximum Gasteiger partial charge on any atom is 0.247 e. The highest BCUT2D eigenvalue weighted by molar-refractivity contribution is 5.94. The lowest BCUT2D eigenvalue weighted by Gasteiger charge is -2.17. The minimum absolute atomic E-state index is 0.0968. The Kier molecular flexibility index (Phi) is 4.72. The Hall–Kier alpha value is -3.74. The van der Waals surface area contributed by atoms with E-state index >= 15 is 0 Å². The van der Waals surface area contributed by atoms with Gasteiger partial charge in [-0.3, -0.25) is 4.79 Å². The summed E-state index contributed by atoms with van der Waals surface area (Å²) in [6.45, 7) is 5.57. The van der Waals surface area contributed by atoms with Crippen LogP contribution in [0.15, 0.2) is 66.9 Å². The molecular weight excluding hydrogens is 364 g/mol. The normalized spacial score (nSPS) is 11.4. The molecule has 0 saturated carbocycles. The van der Waals surface area contributed by atoms with Crippen molar-refractivity contribution in [3.8, 4) is 11.3 Å². The molecule has 0 radical (unpaired) electrons. The summed E-state index contributed by atoms with van der Waals surface area (Å²) in [4.78, 5) is 21.0. The predicted octanol–water partition coefficient (Wildman–Crippen LogP) is 4.52. The van der Waals surface area contributed by atoms with Gasteiger partial charge in [-0.25, -0.2) is 9.50 Å². The van der Waals surface area contributed by atoms with Crippen molar-refractivity contribution < 1.29 is 4.79 Å². The third kappa shape index (κ3) is 4.08. The Morgan fingerprint density at radius 3 is 2.55 bits per heavy atom. The smallest absolute Gasteiger partial charge is 0.247 e. The van der Waals surface area contributed by atoms with Crippen LogP contribution in [-0.4, -0.2) is 25.5 Å². The second-order valence-corrected chi connectivity index (χ2v) is 7.74. The third-order valence-electron chi connectivity index (χ3n) is 4.37. The zero-order valence-electron chi connectivity index (χ0n) is 16.5. The number of nitrogens with one attached hydrogen (secondary N) is 2. The van der Waals surface area contributed by atoms with Crippen molar-refractivity contribution in [1.29, 1.82) is 0 Å². The SMILES string of the molecule is CC(C)(C)C(=O)Nc1cc(Nc2nc3cccc(-c4ccccc4)n3n2)ccn1. The number of fused-ring (bicyclic) bond motifs is 1. The molecule has 0 atom stereocenters. The number of amides is 1. The van der Waals surface area contributed by atoms with Crippen LogP contribution >= 0.6 is 0 Å².